The van der Waals surface area contributed by atoms with E-state index < -0.39 is 0 Å². The molecule has 3 heteroatoms. The summed E-state index contributed by atoms with van der Waals surface area (Å²) in [5.41, 5.74) is 13.0. The van der Waals surface area contributed by atoms with Crippen molar-refractivity contribution in [2.24, 2.45) is 5.92 Å². The molecule has 1 aliphatic carbocycles. The molecule has 53 heavy (non-hydrogen) atoms. The average molecular weight is 681 g/mol. The molecule has 0 spiro atoms. The van der Waals surface area contributed by atoms with Crippen LogP contribution in [0.15, 0.2) is 180 Å². The van der Waals surface area contributed by atoms with E-state index in [0.29, 0.717) is 11.8 Å². The molecular weight excluding hydrogens is 645 g/mol. The van der Waals surface area contributed by atoms with Gasteiger partial charge in [0.2, 0.25) is 5.89 Å². The molecule has 0 amide bonds. The van der Waals surface area contributed by atoms with Crippen molar-refractivity contribution in [3.63, 3.8) is 0 Å². The maximum absolute atomic E-state index is 6.81. The van der Waals surface area contributed by atoms with Crippen LogP contribution < -0.4 is 4.90 Å². The molecule has 0 aliphatic heterocycles. The Hall–Kier alpha value is -6.71. The SMILES string of the molecule is CC1C=Cc2cc(-c3ccc(N(c4ccccc4-c4ccccc4)c4cc5ccccc5c5nc(-c6ccccc6)oc45)cc3)c3ccccc3c2C1. The number of aromatic nitrogens is 1. The highest BCUT2D eigenvalue weighted by molar-refractivity contribution is 6.12. The molecule has 0 saturated heterocycles. The number of benzene rings is 8. The Morgan fingerprint density at radius 2 is 1.21 bits per heavy atom. The highest BCUT2D eigenvalue weighted by Gasteiger charge is 2.24. The van der Waals surface area contributed by atoms with Gasteiger partial charge in [-0.15, -0.1) is 0 Å². The van der Waals surface area contributed by atoms with E-state index in [1.54, 1.807) is 0 Å². The third-order valence-electron chi connectivity index (χ3n) is 10.6. The zero-order valence-corrected chi connectivity index (χ0v) is 29.4. The Morgan fingerprint density at radius 3 is 2.00 bits per heavy atom. The summed E-state index contributed by atoms with van der Waals surface area (Å²) < 4.78 is 6.81. The Bertz CT molecular complexity index is 2820. The van der Waals surface area contributed by atoms with Gasteiger partial charge in [0, 0.05) is 22.2 Å². The normalized spacial score (nSPS) is 13.8. The van der Waals surface area contributed by atoms with Gasteiger partial charge >= 0.3 is 0 Å². The minimum Gasteiger partial charge on any atom is -0.434 e. The van der Waals surface area contributed by atoms with E-state index in [4.69, 9.17) is 9.40 Å². The van der Waals surface area contributed by atoms with Gasteiger partial charge in [-0.05, 0) is 98.8 Å². The monoisotopic (exact) mass is 680 g/mol. The lowest BCUT2D eigenvalue weighted by molar-refractivity contribution is 0.620. The Labute approximate surface area is 309 Å². The Kier molecular flexibility index (Phi) is 7.51. The van der Waals surface area contributed by atoms with E-state index in [0.717, 1.165) is 62.0 Å². The molecule has 1 heterocycles. The van der Waals surface area contributed by atoms with Crippen molar-refractivity contribution in [1.82, 2.24) is 4.98 Å². The van der Waals surface area contributed by atoms with Gasteiger partial charge in [-0.3, -0.25) is 0 Å². The summed E-state index contributed by atoms with van der Waals surface area (Å²) in [4.78, 5) is 7.49. The van der Waals surface area contributed by atoms with Crippen molar-refractivity contribution in [3.8, 4) is 33.7 Å². The fourth-order valence-corrected chi connectivity index (χ4v) is 8.06. The average Bonchev–Trinajstić information content (AvgIpc) is 3.68. The van der Waals surface area contributed by atoms with E-state index in [2.05, 4.69) is 176 Å². The third-order valence-corrected chi connectivity index (χ3v) is 10.6. The first-order valence-electron chi connectivity index (χ1n) is 18.4. The molecule has 0 bridgehead atoms. The van der Waals surface area contributed by atoms with Crippen LogP contribution >= 0.6 is 0 Å². The van der Waals surface area contributed by atoms with Crippen molar-refractivity contribution >= 4 is 55.8 Å². The molecule has 10 rings (SSSR count). The molecule has 1 aromatic heterocycles. The van der Waals surface area contributed by atoms with Gasteiger partial charge in [-0.1, -0.05) is 146 Å². The maximum Gasteiger partial charge on any atom is 0.227 e. The van der Waals surface area contributed by atoms with Crippen LogP contribution in [0.3, 0.4) is 0 Å². The van der Waals surface area contributed by atoms with Crippen LogP contribution in [0.5, 0.6) is 0 Å². The van der Waals surface area contributed by atoms with Crippen LogP contribution in [-0.2, 0) is 6.42 Å². The zero-order chi connectivity index (χ0) is 35.3. The minimum atomic E-state index is 0.537. The van der Waals surface area contributed by atoms with Gasteiger partial charge in [0.15, 0.2) is 5.58 Å². The van der Waals surface area contributed by atoms with Crippen molar-refractivity contribution < 1.29 is 4.42 Å². The topological polar surface area (TPSA) is 29.3 Å². The predicted molar refractivity (Wildman–Crippen MR) is 222 cm³/mol. The maximum atomic E-state index is 6.81. The summed E-state index contributed by atoms with van der Waals surface area (Å²) in [6.45, 7) is 2.30. The van der Waals surface area contributed by atoms with E-state index in [-0.39, 0.29) is 0 Å². The van der Waals surface area contributed by atoms with E-state index in [1.165, 1.54) is 33.0 Å². The largest absolute Gasteiger partial charge is 0.434 e. The van der Waals surface area contributed by atoms with Crippen LogP contribution in [0.25, 0.3) is 72.4 Å². The number of fused-ring (bicyclic) bond motifs is 6. The van der Waals surface area contributed by atoms with Gasteiger partial charge in [0.05, 0.1) is 11.4 Å². The zero-order valence-electron chi connectivity index (χ0n) is 29.4. The standard InChI is InChI=1S/C50H36N2O/c1-33-24-25-38-31-45(43-22-11-10-21-42(43)44(38)30-33)35-26-28-39(29-27-35)52(46-23-13-12-19-40(46)34-14-4-2-5-15-34)47-32-37-18-8-9-20-41(37)48-49(47)53-50(51-48)36-16-6-3-7-17-36/h2-29,31-33H,30H2,1H3. The first-order valence-corrected chi connectivity index (χ1v) is 18.4. The summed E-state index contributed by atoms with van der Waals surface area (Å²) in [6, 6.07) is 60.4. The summed E-state index contributed by atoms with van der Waals surface area (Å²) >= 11 is 0. The van der Waals surface area contributed by atoms with Gasteiger partial charge in [-0.25, -0.2) is 4.98 Å². The lowest BCUT2D eigenvalue weighted by Gasteiger charge is -2.28. The van der Waals surface area contributed by atoms with Gasteiger partial charge < -0.3 is 9.32 Å². The lowest BCUT2D eigenvalue weighted by atomic mass is 9.84. The second-order valence-corrected chi connectivity index (χ2v) is 14.0. The number of hydrogen-bond acceptors (Lipinski definition) is 3. The Balaban J connectivity index is 1.20. The van der Waals surface area contributed by atoms with Crippen LogP contribution in [0.2, 0.25) is 0 Å². The Morgan fingerprint density at radius 1 is 0.566 bits per heavy atom. The molecule has 1 unspecified atom stereocenters. The minimum absolute atomic E-state index is 0.537. The number of oxazole rings is 1. The van der Waals surface area contributed by atoms with Gasteiger partial charge in [0.25, 0.3) is 0 Å². The summed E-state index contributed by atoms with van der Waals surface area (Å²) in [5.74, 6) is 1.14. The first kappa shape index (κ1) is 31.1. The number of nitrogens with zero attached hydrogens (tertiary/aromatic N) is 2. The lowest BCUT2D eigenvalue weighted by Crippen LogP contribution is -2.11. The number of rotatable bonds is 6. The van der Waals surface area contributed by atoms with E-state index in [9.17, 15) is 0 Å². The highest BCUT2D eigenvalue weighted by atomic mass is 16.3. The second-order valence-electron chi connectivity index (χ2n) is 14.0. The molecule has 8 aromatic carbocycles. The molecule has 9 aromatic rings. The molecular formula is C50H36N2O. The predicted octanol–water partition coefficient (Wildman–Crippen LogP) is 13.8. The fraction of sp³-hybridized carbons (Fsp3) is 0.0600. The number of anilines is 3. The van der Waals surface area contributed by atoms with Crippen LogP contribution in [0.1, 0.15) is 18.1 Å². The van der Waals surface area contributed by atoms with Crippen molar-refractivity contribution in [3.05, 3.63) is 187 Å². The molecule has 0 fully saturated rings. The van der Waals surface area contributed by atoms with E-state index >= 15 is 0 Å². The summed E-state index contributed by atoms with van der Waals surface area (Å²) in [6.07, 6.45) is 5.71. The second kappa shape index (κ2) is 12.8. The third kappa shape index (κ3) is 5.41. The molecule has 0 radical (unpaired) electrons. The highest BCUT2D eigenvalue weighted by Crippen LogP contribution is 2.47. The molecule has 0 saturated carbocycles. The number of hydrogen-bond donors (Lipinski definition) is 0. The summed E-state index contributed by atoms with van der Waals surface area (Å²) in [7, 11) is 0. The summed E-state index contributed by atoms with van der Waals surface area (Å²) in [5, 5.41) is 4.80. The fourth-order valence-electron chi connectivity index (χ4n) is 8.06. The molecule has 1 aliphatic rings. The molecule has 3 nitrogen and oxygen atoms in total. The van der Waals surface area contributed by atoms with Gasteiger partial charge in [0.1, 0.15) is 5.52 Å². The van der Waals surface area contributed by atoms with Crippen LogP contribution in [0, 0.1) is 5.92 Å². The van der Waals surface area contributed by atoms with E-state index in [1.807, 2.05) is 18.2 Å². The van der Waals surface area contributed by atoms with Crippen LogP contribution in [-0.4, -0.2) is 4.98 Å². The number of allylic oxidation sites excluding steroid dienone is 1. The smallest absolute Gasteiger partial charge is 0.227 e. The van der Waals surface area contributed by atoms with Gasteiger partial charge in [-0.2, -0.15) is 0 Å². The number of para-hydroxylation sites is 1. The van der Waals surface area contributed by atoms with Crippen LogP contribution in [0.4, 0.5) is 17.1 Å². The van der Waals surface area contributed by atoms with Crippen molar-refractivity contribution in [1.29, 1.82) is 0 Å². The first-order chi connectivity index (χ1) is 26.2. The van der Waals surface area contributed by atoms with Crippen molar-refractivity contribution in [2.75, 3.05) is 4.90 Å². The molecule has 252 valence electrons. The van der Waals surface area contributed by atoms with Crippen molar-refractivity contribution in [2.45, 2.75) is 13.3 Å². The molecule has 1 atom stereocenters. The quantitative estimate of drug-likeness (QED) is 0.175. The molecule has 0 N–H and O–H groups in total.